The largest absolute Gasteiger partial charge is 0.497 e. The van der Waals surface area contributed by atoms with Crippen LogP contribution in [-0.2, 0) is 48.1 Å². The first kappa shape index (κ1) is 45.2. The number of aromatic nitrogens is 1. The molecule has 5 atom stereocenters. The highest BCUT2D eigenvalue weighted by molar-refractivity contribution is 7.85. The first-order valence-electron chi connectivity index (χ1n) is 20.4. The Morgan fingerprint density at radius 3 is 2.22 bits per heavy atom. The van der Waals surface area contributed by atoms with Gasteiger partial charge in [-0.05, 0) is 101 Å². The minimum atomic E-state index is -4.39. The summed E-state index contributed by atoms with van der Waals surface area (Å²) in [6.07, 6.45) is 7.55. The molecule has 2 aromatic rings. The molecule has 3 heterocycles. The van der Waals surface area contributed by atoms with E-state index in [-0.39, 0.29) is 31.4 Å². The van der Waals surface area contributed by atoms with E-state index in [1.54, 1.807) is 40.1 Å². The monoisotopic (exact) mass is 880 g/mol. The Morgan fingerprint density at radius 1 is 0.917 bits per heavy atom. The second-order valence-corrected chi connectivity index (χ2v) is 19.5. The molecule has 60 heavy (non-hydrogen) atoms. The van der Waals surface area contributed by atoms with Crippen LogP contribution in [0.2, 0.25) is 0 Å². The number of carbonyl (C=O) groups excluding carboxylic acids is 4. The minimum absolute atomic E-state index is 0.0100. The quantitative estimate of drug-likeness (QED) is 0.268. The number of nitrogens with two attached hydrogens (primary N) is 1. The molecule has 5 fully saturated rings. The molecule has 0 unspecified atom stereocenters. The van der Waals surface area contributed by atoms with E-state index in [4.69, 9.17) is 18.4 Å². The van der Waals surface area contributed by atoms with Crippen molar-refractivity contribution in [3.63, 3.8) is 0 Å². The average molecular weight is 881 g/mol. The van der Waals surface area contributed by atoms with Crippen molar-refractivity contribution in [1.82, 2.24) is 25.2 Å². The zero-order valence-electron chi connectivity index (χ0n) is 34.3. The van der Waals surface area contributed by atoms with Crippen molar-refractivity contribution < 1.29 is 58.6 Å². The lowest BCUT2D eigenvalue weighted by molar-refractivity contribution is -0.141. The lowest BCUT2D eigenvalue weighted by Gasteiger charge is -2.30. The first-order valence-corrected chi connectivity index (χ1v) is 23.3. The molecule has 2 aliphatic heterocycles. The number of methoxy groups -OCH3 is 1. The van der Waals surface area contributed by atoms with Gasteiger partial charge in [0.2, 0.25) is 17.7 Å². The summed E-state index contributed by atoms with van der Waals surface area (Å²) in [7, 11) is -6.47. The second-order valence-electron chi connectivity index (χ2n) is 17.1. The molecule has 332 valence electrons. The molecule has 21 heteroatoms. The molecule has 7 rings (SSSR count). The van der Waals surface area contributed by atoms with Gasteiger partial charge in [-0.25, -0.2) is 19.6 Å². The number of alkyl carbamates (subject to hydrolysis) is 1. The van der Waals surface area contributed by atoms with E-state index in [2.05, 4.69) is 24.9 Å². The molecule has 0 bridgehead atoms. The Kier molecular flexibility index (Phi) is 13.8. The Hall–Kier alpha value is -4.31. The Bertz CT molecular complexity index is 2140. The maximum absolute atomic E-state index is 14.4. The number of nitrogens with one attached hydrogen (secondary N) is 3. The highest BCUT2D eigenvalue weighted by Crippen LogP contribution is 2.48. The van der Waals surface area contributed by atoms with Crippen LogP contribution in [-0.4, -0.2) is 106 Å². The van der Waals surface area contributed by atoms with Crippen LogP contribution in [0.3, 0.4) is 0 Å². The van der Waals surface area contributed by atoms with E-state index in [0.29, 0.717) is 49.1 Å². The number of ether oxygens (including phenoxy) is 3. The van der Waals surface area contributed by atoms with Crippen molar-refractivity contribution in [3.05, 3.63) is 30.5 Å². The zero-order valence-corrected chi connectivity index (χ0v) is 36.0. The van der Waals surface area contributed by atoms with Crippen LogP contribution < -0.4 is 30.0 Å². The Morgan fingerprint density at radius 2 is 1.58 bits per heavy atom. The smallest absolute Gasteiger partial charge is 0.408 e. The van der Waals surface area contributed by atoms with Crippen molar-refractivity contribution in [2.24, 2.45) is 11.1 Å². The van der Waals surface area contributed by atoms with Crippen molar-refractivity contribution in [1.29, 1.82) is 0 Å². The molecule has 3 aliphatic carbocycles. The average Bonchev–Trinajstić information content (AvgIpc) is 4.10. The lowest BCUT2D eigenvalue weighted by Crippen LogP contribution is -2.58. The van der Waals surface area contributed by atoms with Crippen LogP contribution in [0.4, 0.5) is 4.79 Å². The van der Waals surface area contributed by atoms with Crippen molar-refractivity contribution in [2.45, 2.75) is 146 Å². The maximum Gasteiger partial charge on any atom is 0.408 e. The number of nitrogens with zero attached hydrogens (tertiary/aromatic N) is 2. The third-order valence-electron chi connectivity index (χ3n) is 10.8. The summed E-state index contributed by atoms with van der Waals surface area (Å²) < 4.78 is 74.0. The predicted octanol–water partition coefficient (Wildman–Crippen LogP) is 3.01. The van der Waals surface area contributed by atoms with Crippen LogP contribution >= 0.6 is 0 Å². The van der Waals surface area contributed by atoms with Gasteiger partial charge in [0.1, 0.15) is 35.1 Å². The molecular weight excluding hydrogens is 825 g/mol. The summed E-state index contributed by atoms with van der Waals surface area (Å²) in [5.41, 5.74) is -2.29. The van der Waals surface area contributed by atoms with Gasteiger partial charge in [-0.15, -0.1) is 0 Å². The minimum Gasteiger partial charge on any atom is -0.497 e. The van der Waals surface area contributed by atoms with Crippen LogP contribution in [0.15, 0.2) is 30.5 Å². The molecule has 1 aromatic carbocycles. The van der Waals surface area contributed by atoms with Gasteiger partial charge >= 0.3 is 26.7 Å². The lowest BCUT2D eigenvalue weighted by atomic mass is 10.0. The summed E-state index contributed by atoms with van der Waals surface area (Å²) in [5, 5.41) is 11.7. The Labute approximate surface area is 350 Å². The van der Waals surface area contributed by atoms with E-state index in [9.17, 15) is 36.0 Å². The molecular formula is C39H56N6O13S2. The van der Waals surface area contributed by atoms with E-state index in [0.717, 1.165) is 43.9 Å². The fourth-order valence-corrected chi connectivity index (χ4v) is 9.03. The van der Waals surface area contributed by atoms with Crippen LogP contribution in [0, 0.1) is 5.92 Å². The van der Waals surface area contributed by atoms with E-state index in [1.165, 1.54) is 4.90 Å². The van der Waals surface area contributed by atoms with E-state index in [1.807, 2.05) is 22.9 Å². The molecule has 19 nitrogen and oxygen atoms in total. The number of carbonyl (C=O) groups is 4. The van der Waals surface area contributed by atoms with Crippen LogP contribution in [0.1, 0.15) is 104 Å². The standard InChI is InChI=1S/C36H49N5O10S.C3H7NO3S/c1-35(2,3)50-34(45)38-28-11-9-7-5-6-8-10-23-20-36(23,33(44)40-52(46,47)51-24-12-13-24)39-30(42)29-19-26(21-41(29)32(28)43)49-31-27-15-14-25(48-4)18-22(27)16-17-37-31;4-8(5,6)7-3-1-2-3/h14-18,23-24,26,28-29H,5-13,19-21H2,1-4H3,(H,38,45)(H,39,42)(H,40,44);3H,1-2H2,(H2,4,5,6)/t23-,26-,28+,29+,36-;/m1./s1. The molecule has 5 N–H and O–H groups in total. The summed E-state index contributed by atoms with van der Waals surface area (Å²) in [4.78, 5) is 61.2. The molecule has 5 aliphatic rings. The third-order valence-corrected chi connectivity index (χ3v) is 12.3. The van der Waals surface area contributed by atoms with Gasteiger partial charge < -0.3 is 29.7 Å². The number of hydrogen-bond donors (Lipinski definition) is 4. The van der Waals surface area contributed by atoms with Gasteiger partial charge in [0, 0.05) is 18.0 Å². The number of pyridine rings is 1. The van der Waals surface area contributed by atoms with Crippen molar-refractivity contribution in [3.8, 4) is 11.6 Å². The second kappa shape index (κ2) is 18.3. The molecule has 0 spiro atoms. The highest BCUT2D eigenvalue weighted by Gasteiger charge is 2.62. The summed E-state index contributed by atoms with van der Waals surface area (Å²) in [6.45, 7) is 5.17. The van der Waals surface area contributed by atoms with E-state index >= 15 is 0 Å². The maximum atomic E-state index is 14.4. The molecule has 0 radical (unpaired) electrons. The van der Waals surface area contributed by atoms with Gasteiger partial charge in [0.25, 0.3) is 5.91 Å². The molecule has 3 saturated carbocycles. The highest BCUT2D eigenvalue weighted by atomic mass is 32.2. The summed E-state index contributed by atoms with van der Waals surface area (Å²) in [6, 6.07) is 5.17. The van der Waals surface area contributed by atoms with Crippen LogP contribution in [0.5, 0.6) is 11.6 Å². The molecule has 2 saturated heterocycles. The number of fused-ring (bicyclic) bond motifs is 3. The normalized spacial score (nSPS) is 26.4. The third kappa shape index (κ3) is 12.6. The fraction of sp³-hybridized carbons (Fsp3) is 0.667. The van der Waals surface area contributed by atoms with Gasteiger partial charge in [-0.2, -0.15) is 16.8 Å². The summed E-state index contributed by atoms with van der Waals surface area (Å²) >= 11 is 0. The van der Waals surface area contributed by atoms with Gasteiger partial charge in [-0.3, -0.25) is 22.7 Å². The number of hydrogen-bond acceptors (Lipinski definition) is 14. The predicted molar refractivity (Wildman–Crippen MR) is 216 cm³/mol. The zero-order chi connectivity index (χ0) is 43.5. The first-order chi connectivity index (χ1) is 28.2. The number of amides is 4. The Balaban J connectivity index is 0.000000676. The van der Waals surface area contributed by atoms with Gasteiger partial charge in [0.15, 0.2) is 0 Å². The van der Waals surface area contributed by atoms with E-state index < -0.39 is 79.9 Å². The number of benzene rings is 1. The van der Waals surface area contributed by atoms with Crippen molar-refractivity contribution in [2.75, 3.05) is 13.7 Å². The number of rotatable bonds is 10. The van der Waals surface area contributed by atoms with Crippen molar-refractivity contribution >= 4 is 55.2 Å². The molecule has 4 amide bonds. The van der Waals surface area contributed by atoms with Crippen LogP contribution in [0.25, 0.3) is 10.8 Å². The molecule has 1 aromatic heterocycles. The van der Waals surface area contributed by atoms with Gasteiger partial charge in [-0.1, -0.05) is 32.1 Å². The SMILES string of the molecule is COc1ccc2c(O[C@@H]3C[C@H]4C(=O)N[C@]5(C(=O)NS(=O)(=O)OC6CC6)C[C@H]5CCCCCCC[C@H](NC(=O)OC(C)(C)C)C(=O)N4C3)nccc2c1.NS(=O)(=O)OC1CC1. The van der Waals surface area contributed by atoms with Gasteiger partial charge in [0.05, 0.1) is 25.9 Å². The summed E-state index contributed by atoms with van der Waals surface area (Å²) in [5.74, 6) is -1.31. The topological polar surface area (TPSA) is 261 Å². The fourth-order valence-electron chi connectivity index (χ4n) is 7.45.